The Hall–Kier alpha value is -2.33. The van der Waals surface area contributed by atoms with Crippen LogP contribution in [-0.2, 0) is 5.41 Å². The summed E-state index contributed by atoms with van der Waals surface area (Å²) in [5.74, 6) is 0. The molecule has 0 radical (unpaired) electrons. The monoisotopic (exact) mass is 350 g/mol. The third kappa shape index (κ3) is 2.35. The van der Waals surface area contributed by atoms with Crippen LogP contribution in [0.5, 0.6) is 0 Å². The van der Waals surface area contributed by atoms with Crippen molar-refractivity contribution in [3.8, 4) is 0 Å². The lowest BCUT2D eigenvalue weighted by Crippen LogP contribution is -2.46. The zero-order valence-corrected chi connectivity index (χ0v) is 15.5. The minimum atomic E-state index is -0.332. The van der Waals surface area contributed by atoms with E-state index in [4.69, 9.17) is 16.6 Å². The summed E-state index contributed by atoms with van der Waals surface area (Å²) in [5.41, 5.74) is 4.71. The number of hydrogen-bond donors (Lipinski definition) is 0. The predicted octanol–water partition coefficient (Wildman–Crippen LogP) is 4.59. The Balaban J connectivity index is 2.00. The van der Waals surface area contributed by atoms with Gasteiger partial charge in [0, 0.05) is 22.2 Å². The number of nitrogens with zero attached hydrogens (tertiary/aromatic N) is 4. The molecule has 2 aromatic heterocycles. The first-order chi connectivity index (χ1) is 11.8. The van der Waals surface area contributed by atoms with Crippen molar-refractivity contribution in [2.45, 2.75) is 38.6 Å². The van der Waals surface area contributed by atoms with Crippen molar-refractivity contribution < 1.29 is 0 Å². The van der Waals surface area contributed by atoms with Gasteiger partial charge in [-0.05, 0) is 43.7 Å². The van der Waals surface area contributed by atoms with Gasteiger partial charge in [0.2, 0.25) is 0 Å². The lowest BCUT2D eigenvalue weighted by molar-refractivity contribution is 0.303. The number of aliphatic imine (C=N–C) groups is 1. The van der Waals surface area contributed by atoms with E-state index in [1.165, 1.54) is 0 Å². The molecule has 25 heavy (non-hydrogen) atoms. The standard InChI is InChI=1S/C20H19ClN4/c1-19(2)17-12(7-5-8-13(17)21)18(23-20(19,3)4)16-11-15-14(24-25-16)9-6-10-22-15/h5-11H,1-4H3. The van der Waals surface area contributed by atoms with E-state index in [9.17, 15) is 0 Å². The van der Waals surface area contributed by atoms with E-state index in [0.29, 0.717) is 0 Å². The van der Waals surface area contributed by atoms with Crippen molar-refractivity contribution in [2.75, 3.05) is 0 Å². The lowest BCUT2D eigenvalue weighted by Gasteiger charge is -2.44. The molecule has 0 unspecified atom stereocenters. The van der Waals surface area contributed by atoms with Crippen LogP contribution < -0.4 is 0 Å². The molecule has 5 heteroatoms. The Morgan fingerprint density at radius 1 is 0.920 bits per heavy atom. The van der Waals surface area contributed by atoms with Gasteiger partial charge in [-0.1, -0.05) is 37.6 Å². The first kappa shape index (κ1) is 16.2. The van der Waals surface area contributed by atoms with Crippen molar-refractivity contribution in [3.05, 3.63) is 64.4 Å². The summed E-state index contributed by atoms with van der Waals surface area (Å²) in [6.45, 7) is 8.63. The lowest BCUT2D eigenvalue weighted by atomic mass is 9.66. The van der Waals surface area contributed by atoms with Crippen LogP contribution in [0.2, 0.25) is 5.02 Å². The molecular formula is C20H19ClN4. The van der Waals surface area contributed by atoms with Gasteiger partial charge in [0.15, 0.2) is 0 Å². The third-order valence-electron chi connectivity index (χ3n) is 5.41. The van der Waals surface area contributed by atoms with Crippen molar-refractivity contribution in [2.24, 2.45) is 4.99 Å². The van der Waals surface area contributed by atoms with Crippen molar-refractivity contribution in [1.82, 2.24) is 15.2 Å². The van der Waals surface area contributed by atoms with E-state index in [-0.39, 0.29) is 11.0 Å². The second kappa shape index (κ2) is 5.33. The van der Waals surface area contributed by atoms with Crippen LogP contribution >= 0.6 is 11.6 Å². The number of halogens is 1. The Morgan fingerprint density at radius 3 is 2.52 bits per heavy atom. The average Bonchev–Trinajstić information content (AvgIpc) is 2.58. The summed E-state index contributed by atoms with van der Waals surface area (Å²) in [5, 5.41) is 9.48. The molecule has 0 fully saturated rings. The molecule has 3 heterocycles. The number of fused-ring (bicyclic) bond motifs is 2. The van der Waals surface area contributed by atoms with Crippen molar-refractivity contribution >= 4 is 28.3 Å². The molecule has 0 amide bonds. The Morgan fingerprint density at radius 2 is 1.72 bits per heavy atom. The maximum atomic E-state index is 6.60. The summed E-state index contributed by atoms with van der Waals surface area (Å²) in [4.78, 5) is 9.45. The third-order valence-corrected chi connectivity index (χ3v) is 5.73. The van der Waals surface area contributed by atoms with E-state index in [1.807, 2.05) is 30.3 Å². The minimum absolute atomic E-state index is 0.202. The molecule has 1 aliphatic heterocycles. The number of benzene rings is 1. The van der Waals surface area contributed by atoms with Crippen LogP contribution in [0, 0.1) is 0 Å². The number of rotatable bonds is 1. The summed E-state index contributed by atoms with van der Waals surface area (Å²) in [7, 11) is 0. The molecule has 0 bridgehead atoms. The van der Waals surface area contributed by atoms with Gasteiger partial charge in [0.25, 0.3) is 0 Å². The molecule has 0 aliphatic carbocycles. The first-order valence-corrected chi connectivity index (χ1v) is 8.67. The quantitative estimate of drug-likeness (QED) is 0.645. The van der Waals surface area contributed by atoms with Crippen LogP contribution in [0.4, 0.5) is 0 Å². The van der Waals surface area contributed by atoms with Gasteiger partial charge in [-0.3, -0.25) is 9.98 Å². The van der Waals surface area contributed by atoms with E-state index >= 15 is 0 Å². The Bertz CT molecular complexity index is 1020. The Labute approximate surface area is 152 Å². The molecule has 4 rings (SSSR count). The highest BCUT2D eigenvalue weighted by Crippen LogP contribution is 2.46. The van der Waals surface area contributed by atoms with Crippen LogP contribution in [0.1, 0.15) is 44.5 Å². The van der Waals surface area contributed by atoms with Gasteiger partial charge in [-0.15, -0.1) is 10.2 Å². The molecular weight excluding hydrogens is 332 g/mol. The zero-order valence-electron chi connectivity index (χ0n) is 14.7. The van der Waals surface area contributed by atoms with Gasteiger partial charge in [0.1, 0.15) is 11.2 Å². The van der Waals surface area contributed by atoms with Crippen LogP contribution in [-0.4, -0.2) is 26.4 Å². The number of pyridine rings is 1. The SMILES string of the molecule is CC1(C)N=C(c2cc3ncccc3nn2)c2cccc(Cl)c2C1(C)C. The maximum absolute atomic E-state index is 6.60. The fraction of sp³-hybridized carbons (Fsp3) is 0.300. The van der Waals surface area contributed by atoms with E-state index in [1.54, 1.807) is 6.20 Å². The van der Waals surface area contributed by atoms with E-state index in [0.717, 1.165) is 38.6 Å². The highest BCUT2D eigenvalue weighted by atomic mass is 35.5. The Kier molecular flexibility index (Phi) is 3.45. The summed E-state index contributed by atoms with van der Waals surface area (Å²) < 4.78 is 0. The summed E-state index contributed by atoms with van der Waals surface area (Å²) >= 11 is 6.60. The number of aromatic nitrogens is 3. The van der Waals surface area contributed by atoms with Crippen LogP contribution in [0.3, 0.4) is 0 Å². The summed E-state index contributed by atoms with van der Waals surface area (Å²) in [6.07, 6.45) is 1.76. The summed E-state index contributed by atoms with van der Waals surface area (Å²) in [6, 6.07) is 11.7. The maximum Gasteiger partial charge on any atom is 0.114 e. The van der Waals surface area contributed by atoms with Gasteiger partial charge in [0.05, 0.1) is 16.8 Å². The van der Waals surface area contributed by atoms with E-state index in [2.05, 4.69) is 48.9 Å². The average molecular weight is 351 g/mol. The van der Waals surface area contributed by atoms with Gasteiger partial charge in [-0.2, -0.15) is 0 Å². The van der Waals surface area contributed by atoms with Gasteiger partial charge in [-0.25, -0.2) is 0 Å². The molecule has 4 nitrogen and oxygen atoms in total. The molecule has 1 aromatic carbocycles. The van der Waals surface area contributed by atoms with Gasteiger partial charge >= 0.3 is 0 Å². The fourth-order valence-electron chi connectivity index (χ4n) is 3.32. The zero-order chi connectivity index (χ0) is 17.8. The van der Waals surface area contributed by atoms with Crippen molar-refractivity contribution in [1.29, 1.82) is 0 Å². The van der Waals surface area contributed by atoms with Crippen molar-refractivity contribution in [3.63, 3.8) is 0 Å². The topological polar surface area (TPSA) is 51.0 Å². The predicted molar refractivity (Wildman–Crippen MR) is 102 cm³/mol. The molecule has 126 valence electrons. The first-order valence-electron chi connectivity index (χ1n) is 8.29. The van der Waals surface area contributed by atoms with Crippen LogP contribution in [0.25, 0.3) is 11.0 Å². The second-order valence-corrected chi connectivity index (χ2v) is 7.85. The number of hydrogen-bond acceptors (Lipinski definition) is 4. The van der Waals surface area contributed by atoms with E-state index < -0.39 is 0 Å². The fourth-order valence-corrected chi connectivity index (χ4v) is 3.73. The largest absolute Gasteiger partial charge is 0.275 e. The molecule has 0 spiro atoms. The molecule has 3 aromatic rings. The highest BCUT2D eigenvalue weighted by molar-refractivity contribution is 6.32. The molecule has 0 atom stereocenters. The smallest absolute Gasteiger partial charge is 0.114 e. The minimum Gasteiger partial charge on any atom is -0.275 e. The molecule has 0 saturated heterocycles. The second-order valence-electron chi connectivity index (χ2n) is 7.44. The highest BCUT2D eigenvalue weighted by Gasteiger charge is 2.45. The normalized spacial score (nSPS) is 17.9. The van der Waals surface area contributed by atoms with Gasteiger partial charge < -0.3 is 0 Å². The molecule has 0 N–H and O–H groups in total. The molecule has 0 saturated carbocycles. The molecule has 1 aliphatic rings. The van der Waals surface area contributed by atoms with Crippen LogP contribution in [0.15, 0.2) is 47.6 Å².